The Hall–Kier alpha value is -0.640. The first-order valence-corrected chi connectivity index (χ1v) is 7.27. The molecule has 1 aromatic carbocycles. The molecule has 1 unspecified atom stereocenters. The Balaban J connectivity index is 2.16. The van der Waals surface area contributed by atoms with Crippen molar-refractivity contribution in [3.8, 4) is 0 Å². The van der Waals surface area contributed by atoms with Crippen LogP contribution in [0.5, 0.6) is 0 Å². The molecule has 0 amide bonds. The Labute approximate surface area is 110 Å². The fourth-order valence-electron chi connectivity index (χ4n) is 1.67. The number of benzene rings is 1. The number of para-hydroxylation sites is 1. The predicted molar refractivity (Wildman–Crippen MR) is 75.8 cm³/mol. The number of thioether (sulfide) groups is 1. The quantitative estimate of drug-likeness (QED) is 0.826. The number of hydrogen-bond acceptors (Lipinski definition) is 3. The SMILES string of the molecule is CCCSCC(N)c1cc2cccc(Cl)c2o1. The number of furan rings is 1. The average Bonchev–Trinajstić information content (AvgIpc) is 2.75. The van der Waals surface area contributed by atoms with E-state index in [2.05, 4.69) is 6.92 Å². The van der Waals surface area contributed by atoms with Gasteiger partial charge in [-0.25, -0.2) is 0 Å². The van der Waals surface area contributed by atoms with E-state index >= 15 is 0 Å². The van der Waals surface area contributed by atoms with E-state index in [1.54, 1.807) is 0 Å². The van der Waals surface area contributed by atoms with Crippen LogP contribution in [0.15, 0.2) is 28.7 Å². The molecule has 0 bridgehead atoms. The van der Waals surface area contributed by atoms with Crippen molar-refractivity contribution in [2.45, 2.75) is 19.4 Å². The second-order valence-corrected chi connectivity index (χ2v) is 5.55. The monoisotopic (exact) mass is 269 g/mol. The van der Waals surface area contributed by atoms with E-state index in [-0.39, 0.29) is 6.04 Å². The standard InChI is InChI=1S/C13H16ClNOS/c1-2-6-17-8-11(15)12-7-9-4-3-5-10(14)13(9)16-12/h3-5,7,11H,2,6,8,15H2,1H3. The molecule has 0 aliphatic carbocycles. The van der Waals surface area contributed by atoms with Crippen LogP contribution in [-0.2, 0) is 0 Å². The molecular formula is C13H16ClNOS. The summed E-state index contributed by atoms with van der Waals surface area (Å²) < 4.78 is 5.72. The zero-order valence-corrected chi connectivity index (χ0v) is 11.4. The van der Waals surface area contributed by atoms with Crippen LogP contribution < -0.4 is 5.73 Å². The molecule has 1 aromatic heterocycles. The van der Waals surface area contributed by atoms with Gasteiger partial charge in [-0.2, -0.15) is 11.8 Å². The van der Waals surface area contributed by atoms with Crippen molar-refractivity contribution in [3.63, 3.8) is 0 Å². The van der Waals surface area contributed by atoms with Crippen molar-refractivity contribution < 1.29 is 4.42 Å². The Morgan fingerprint density at radius 3 is 3.00 bits per heavy atom. The summed E-state index contributed by atoms with van der Waals surface area (Å²) >= 11 is 7.91. The van der Waals surface area contributed by atoms with Gasteiger partial charge in [-0.3, -0.25) is 0 Å². The molecule has 4 heteroatoms. The van der Waals surface area contributed by atoms with Gasteiger partial charge in [-0.05, 0) is 24.3 Å². The van der Waals surface area contributed by atoms with Gasteiger partial charge in [-0.15, -0.1) is 0 Å². The molecule has 0 saturated heterocycles. The molecule has 2 N–H and O–H groups in total. The van der Waals surface area contributed by atoms with E-state index in [4.69, 9.17) is 21.8 Å². The van der Waals surface area contributed by atoms with Gasteiger partial charge >= 0.3 is 0 Å². The number of nitrogens with two attached hydrogens (primary N) is 1. The second kappa shape index (κ2) is 5.80. The maximum absolute atomic E-state index is 6.09. The van der Waals surface area contributed by atoms with E-state index in [1.165, 1.54) is 6.42 Å². The van der Waals surface area contributed by atoms with Crippen molar-refractivity contribution >= 4 is 34.3 Å². The molecule has 92 valence electrons. The van der Waals surface area contributed by atoms with Gasteiger partial charge in [0.2, 0.25) is 0 Å². The van der Waals surface area contributed by atoms with Gasteiger partial charge in [0.1, 0.15) is 5.76 Å². The predicted octanol–water partition coefficient (Wildman–Crippen LogP) is 4.23. The lowest BCUT2D eigenvalue weighted by Gasteiger charge is -2.07. The number of fused-ring (bicyclic) bond motifs is 1. The van der Waals surface area contributed by atoms with E-state index in [0.717, 1.165) is 28.2 Å². The van der Waals surface area contributed by atoms with E-state index in [1.807, 2.05) is 36.0 Å². The molecule has 0 aliphatic heterocycles. The summed E-state index contributed by atoms with van der Waals surface area (Å²) in [7, 11) is 0. The molecule has 0 spiro atoms. The van der Waals surface area contributed by atoms with E-state index in [0.29, 0.717) is 5.02 Å². The van der Waals surface area contributed by atoms with Gasteiger partial charge in [0.15, 0.2) is 5.58 Å². The third-order valence-electron chi connectivity index (χ3n) is 2.53. The summed E-state index contributed by atoms with van der Waals surface area (Å²) in [6, 6.07) is 7.66. The number of hydrogen-bond donors (Lipinski definition) is 1. The summed E-state index contributed by atoms with van der Waals surface area (Å²) in [5, 5.41) is 1.66. The van der Waals surface area contributed by atoms with Crippen molar-refractivity contribution in [1.29, 1.82) is 0 Å². The highest BCUT2D eigenvalue weighted by Gasteiger charge is 2.13. The minimum atomic E-state index is -0.0602. The van der Waals surface area contributed by atoms with Crippen LogP contribution in [0.1, 0.15) is 25.1 Å². The zero-order chi connectivity index (χ0) is 12.3. The minimum absolute atomic E-state index is 0.0602. The Morgan fingerprint density at radius 1 is 1.47 bits per heavy atom. The van der Waals surface area contributed by atoms with Crippen molar-refractivity contribution in [2.75, 3.05) is 11.5 Å². The van der Waals surface area contributed by atoms with E-state index in [9.17, 15) is 0 Å². The maximum Gasteiger partial charge on any atom is 0.152 e. The summed E-state index contributed by atoms with van der Waals surface area (Å²) in [4.78, 5) is 0. The van der Waals surface area contributed by atoms with Gasteiger partial charge in [-0.1, -0.05) is 30.7 Å². The first-order valence-electron chi connectivity index (χ1n) is 5.73. The Morgan fingerprint density at radius 2 is 2.29 bits per heavy atom. The Kier molecular flexibility index (Phi) is 4.37. The van der Waals surface area contributed by atoms with Crippen LogP contribution in [0.25, 0.3) is 11.0 Å². The van der Waals surface area contributed by atoms with E-state index < -0.39 is 0 Å². The third-order valence-corrected chi connectivity index (χ3v) is 4.12. The molecular weight excluding hydrogens is 254 g/mol. The average molecular weight is 270 g/mol. The minimum Gasteiger partial charge on any atom is -0.458 e. The second-order valence-electron chi connectivity index (χ2n) is 3.99. The molecule has 1 atom stereocenters. The lowest BCUT2D eigenvalue weighted by Crippen LogP contribution is -2.12. The molecule has 0 aliphatic rings. The molecule has 2 rings (SSSR count). The normalized spacial score (nSPS) is 13.1. The Bertz CT molecular complexity index is 497. The fraction of sp³-hybridized carbons (Fsp3) is 0.385. The van der Waals surface area contributed by atoms with Crippen LogP contribution >= 0.6 is 23.4 Å². The molecule has 2 nitrogen and oxygen atoms in total. The molecule has 0 radical (unpaired) electrons. The van der Waals surface area contributed by atoms with Crippen LogP contribution in [0.3, 0.4) is 0 Å². The van der Waals surface area contributed by atoms with Gasteiger partial charge in [0.05, 0.1) is 11.1 Å². The highest BCUT2D eigenvalue weighted by atomic mass is 35.5. The summed E-state index contributed by atoms with van der Waals surface area (Å²) in [6.07, 6.45) is 1.17. The van der Waals surface area contributed by atoms with Crippen LogP contribution in [-0.4, -0.2) is 11.5 Å². The van der Waals surface area contributed by atoms with Crippen LogP contribution in [0.4, 0.5) is 0 Å². The van der Waals surface area contributed by atoms with Crippen LogP contribution in [0.2, 0.25) is 5.02 Å². The summed E-state index contributed by atoms with van der Waals surface area (Å²) in [5.41, 5.74) is 6.83. The highest BCUT2D eigenvalue weighted by Crippen LogP contribution is 2.29. The third kappa shape index (κ3) is 2.97. The largest absolute Gasteiger partial charge is 0.458 e. The van der Waals surface area contributed by atoms with Crippen molar-refractivity contribution in [1.82, 2.24) is 0 Å². The molecule has 17 heavy (non-hydrogen) atoms. The smallest absolute Gasteiger partial charge is 0.152 e. The maximum atomic E-state index is 6.09. The summed E-state index contributed by atoms with van der Waals surface area (Å²) in [5.74, 6) is 2.83. The van der Waals surface area contributed by atoms with Gasteiger partial charge in [0.25, 0.3) is 0 Å². The first kappa shape index (κ1) is 12.8. The fourth-order valence-corrected chi connectivity index (χ4v) is 2.76. The number of halogens is 1. The number of rotatable bonds is 5. The topological polar surface area (TPSA) is 39.2 Å². The van der Waals surface area contributed by atoms with Gasteiger partial charge < -0.3 is 10.2 Å². The summed E-state index contributed by atoms with van der Waals surface area (Å²) in [6.45, 7) is 2.17. The van der Waals surface area contributed by atoms with Crippen LogP contribution in [0, 0.1) is 0 Å². The highest BCUT2D eigenvalue weighted by molar-refractivity contribution is 7.99. The first-order chi connectivity index (χ1) is 8.22. The molecule has 2 aromatic rings. The molecule has 0 fully saturated rings. The van der Waals surface area contributed by atoms with Crippen molar-refractivity contribution in [3.05, 3.63) is 35.0 Å². The molecule has 0 saturated carbocycles. The zero-order valence-electron chi connectivity index (χ0n) is 9.78. The van der Waals surface area contributed by atoms with Crippen molar-refractivity contribution in [2.24, 2.45) is 5.73 Å². The lowest BCUT2D eigenvalue weighted by molar-refractivity contribution is 0.516. The molecule has 1 heterocycles. The lowest BCUT2D eigenvalue weighted by atomic mass is 10.2. The van der Waals surface area contributed by atoms with Gasteiger partial charge in [0, 0.05) is 11.1 Å².